The maximum Gasteiger partial charge on any atom is 0.177 e. The molecule has 0 radical (unpaired) electrons. The summed E-state index contributed by atoms with van der Waals surface area (Å²) in [5.74, 6) is 0.0540. The van der Waals surface area contributed by atoms with Gasteiger partial charge in [0.25, 0.3) is 0 Å². The summed E-state index contributed by atoms with van der Waals surface area (Å²) in [4.78, 5) is 11.0. The van der Waals surface area contributed by atoms with Crippen molar-refractivity contribution in [1.82, 2.24) is 0 Å². The van der Waals surface area contributed by atoms with E-state index >= 15 is 0 Å². The summed E-state index contributed by atoms with van der Waals surface area (Å²) in [6.45, 7) is 0. The average Bonchev–Trinajstić information content (AvgIpc) is 2.47. The van der Waals surface area contributed by atoms with Crippen LogP contribution in [0.15, 0.2) is 0 Å². The zero-order valence-electron chi connectivity index (χ0n) is 4.79. The van der Waals surface area contributed by atoms with Gasteiger partial charge in [0.2, 0.25) is 0 Å². The maximum atomic E-state index is 11.0. The summed E-state index contributed by atoms with van der Waals surface area (Å²) in [6.07, 6.45) is 2.70. The molecule has 2 aliphatic rings. The van der Waals surface area contributed by atoms with Gasteiger partial charge in [-0.25, -0.2) is 0 Å². The zero-order chi connectivity index (χ0) is 6.70. The Bertz CT molecular complexity index is 175. The van der Waals surface area contributed by atoms with E-state index in [1.165, 1.54) is 0 Å². The molecule has 0 amide bonds. The minimum absolute atomic E-state index is 0.0382. The fourth-order valence-electron chi connectivity index (χ4n) is 1.42. The van der Waals surface area contributed by atoms with Gasteiger partial charge >= 0.3 is 0 Å². The van der Waals surface area contributed by atoms with Crippen LogP contribution in [0, 0.1) is 5.41 Å². The van der Waals surface area contributed by atoms with Crippen LogP contribution in [0.3, 0.4) is 0 Å². The third-order valence-corrected chi connectivity index (χ3v) is 2.84. The smallest absolute Gasteiger partial charge is 0.177 e. The average molecular weight is 165 g/mol. The lowest BCUT2D eigenvalue weighted by Gasteiger charge is -2.36. The van der Waals surface area contributed by atoms with E-state index in [1.807, 2.05) is 0 Å². The van der Waals surface area contributed by atoms with Crippen molar-refractivity contribution in [3.05, 3.63) is 0 Å². The summed E-state index contributed by atoms with van der Waals surface area (Å²) >= 11 is 11.2. The van der Waals surface area contributed by atoms with Crippen LogP contribution in [0.4, 0.5) is 0 Å². The molecule has 2 rings (SSSR count). The molecule has 3 heteroatoms. The quantitative estimate of drug-likeness (QED) is 0.501. The van der Waals surface area contributed by atoms with E-state index in [1.54, 1.807) is 0 Å². The largest absolute Gasteiger partial charge is 0.296 e. The van der Waals surface area contributed by atoms with Crippen LogP contribution < -0.4 is 0 Å². The predicted molar refractivity (Wildman–Crippen MR) is 35.7 cm³/mol. The normalized spacial score (nSPS) is 34.2. The number of alkyl halides is 2. The van der Waals surface area contributed by atoms with Crippen LogP contribution in [0.2, 0.25) is 0 Å². The Morgan fingerprint density at radius 3 is 2.00 bits per heavy atom. The summed E-state index contributed by atoms with van der Waals surface area (Å²) < 4.78 is -1.02. The van der Waals surface area contributed by atoms with Crippen molar-refractivity contribution in [2.75, 3.05) is 0 Å². The number of carbonyl (C=O) groups is 1. The second-order valence-electron chi connectivity index (χ2n) is 2.99. The van der Waals surface area contributed by atoms with Gasteiger partial charge in [0.15, 0.2) is 10.1 Å². The summed E-state index contributed by atoms with van der Waals surface area (Å²) in [7, 11) is 0. The molecule has 1 nitrogen and oxygen atoms in total. The fraction of sp³-hybridized carbons (Fsp3) is 0.833. The molecule has 50 valence electrons. The number of ketones is 1. The molecule has 0 atom stereocenters. The van der Waals surface area contributed by atoms with Crippen molar-refractivity contribution in [2.45, 2.75) is 23.6 Å². The molecule has 0 saturated heterocycles. The first-order valence-corrected chi connectivity index (χ1v) is 3.75. The SMILES string of the molecule is O=C1C(Cl)(Cl)CC12CC2. The summed E-state index contributed by atoms with van der Waals surface area (Å²) in [5.41, 5.74) is -0.0382. The van der Waals surface area contributed by atoms with Crippen LogP contribution in [-0.2, 0) is 4.79 Å². The minimum Gasteiger partial charge on any atom is -0.296 e. The number of hydrogen-bond donors (Lipinski definition) is 0. The Hall–Kier alpha value is 0.250. The molecule has 0 bridgehead atoms. The van der Waals surface area contributed by atoms with E-state index in [0.29, 0.717) is 6.42 Å². The molecular formula is C6H6Cl2O. The van der Waals surface area contributed by atoms with Crippen LogP contribution in [0.1, 0.15) is 19.3 Å². The van der Waals surface area contributed by atoms with Crippen LogP contribution in [-0.4, -0.2) is 10.1 Å². The Kier molecular flexibility index (Phi) is 0.867. The topological polar surface area (TPSA) is 17.1 Å². The van der Waals surface area contributed by atoms with E-state index in [9.17, 15) is 4.79 Å². The Labute approximate surface area is 63.3 Å². The summed E-state index contributed by atoms with van der Waals surface area (Å²) in [5, 5.41) is 0. The predicted octanol–water partition coefficient (Wildman–Crippen LogP) is 1.91. The van der Waals surface area contributed by atoms with E-state index in [2.05, 4.69) is 0 Å². The number of carbonyl (C=O) groups excluding carboxylic acids is 1. The van der Waals surface area contributed by atoms with Gasteiger partial charge in [0, 0.05) is 11.8 Å². The van der Waals surface area contributed by atoms with Crippen molar-refractivity contribution < 1.29 is 4.79 Å². The molecular weight excluding hydrogens is 159 g/mol. The molecule has 0 aromatic rings. The first-order valence-electron chi connectivity index (χ1n) is 3.00. The van der Waals surface area contributed by atoms with Gasteiger partial charge in [-0.1, -0.05) is 23.2 Å². The summed E-state index contributed by atoms with van der Waals surface area (Å²) in [6, 6.07) is 0. The molecule has 0 aliphatic heterocycles. The van der Waals surface area contributed by atoms with E-state index in [0.717, 1.165) is 12.8 Å². The van der Waals surface area contributed by atoms with Crippen molar-refractivity contribution >= 4 is 29.0 Å². The highest BCUT2D eigenvalue weighted by molar-refractivity contribution is 6.61. The second kappa shape index (κ2) is 1.30. The molecule has 0 unspecified atom stereocenters. The van der Waals surface area contributed by atoms with Crippen molar-refractivity contribution in [2.24, 2.45) is 5.41 Å². The maximum absolute atomic E-state index is 11.0. The van der Waals surface area contributed by atoms with Gasteiger partial charge in [-0.05, 0) is 12.8 Å². The van der Waals surface area contributed by atoms with Gasteiger partial charge in [-0.2, -0.15) is 0 Å². The molecule has 0 aromatic heterocycles. The Morgan fingerprint density at radius 2 is 1.89 bits per heavy atom. The van der Waals surface area contributed by atoms with Crippen molar-refractivity contribution in [3.63, 3.8) is 0 Å². The minimum atomic E-state index is -1.02. The van der Waals surface area contributed by atoms with Gasteiger partial charge in [-0.3, -0.25) is 4.79 Å². The third-order valence-electron chi connectivity index (χ3n) is 2.23. The fourth-order valence-corrected chi connectivity index (χ4v) is 2.33. The van der Waals surface area contributed by atoms with Gasteiger partial charge < -0.3 is 0 Å². The highest BCUT2D eigenvalue weighted by Gasteiger charge is 2.68. The number of halogens is 2. The lowest BCUT2D eigenvalue weighted by atomic mass is 9.79. The molecule has 9 heavy (non-hydrogen) atoms. The van der Waals surface area contributed by atoms with Crippen LogP contribution >= 0.6 is 23.2 Å². The van der Waals surface area contributed by atoms with Crippen molar-refractivity contribution in [1.29, 1.82) is 0 Å². The molecule has 2 aliphatic carbocycles. The van der Waals surface area contributed by atoms with Crippen LogP contribution in [0.5, 0.6) is 0 Å². The van der Waals surface area contributed by atoms with E-state index in [-0.39, 0.29) is 11.2 Å². The highest BCUT2D eigenvalue weighted by Crippen LogP contribution is 2.65. The van der Waals surface area contributed by atoms with Crippen molar-refractivity contribution in [3.8, 4) is 0 Å². The third kappa shape index (κ3) is 0.596. The first-order chi connectivity index (χ1) is 4.07. The van der Waals surface area contributed by atoms with E-state index < -0.39 is 4.33 Å². The highest BCUT2D eigenvalue weighted by atomic mass is 35.5. The molecule has 1 spiro atoms. The van der Waals surface area contributed by atoms with Gasteiger partial charge in [0.1, 0.15) is 0 Å². The lowest BCUT2D eigenvalue weighted by Crippen LogP contribution is -2.48. The molecule has 2 saturated carbocycles. The lowest BCUT2D eigenvalue weighted by molar-refractivity contribution is -0.132. The molecule has 0 heterocycles. The zero-order valence-corrected chi connectivity index (χ0v) is 6.30. The van der Waals surface area contributed by atoms with Crippen LogP contribution in [0.25, 0.3) is 0 Å². The molecule has 0 N–H and O–H groups in total. The Morgan fingerprint density at radius 1 is 1.33 bits per heavy atom. The molecule has 2 fully saturated rings. The monoisotopic (exact) mass is 164 g/mol. The first kappa shape index (κ1) is 5.99. The molecule has 0 aromatic carbocycles. The number of hydrogen-bond acceptors (Lipinski definition) is 1. The number of Topliss-reactive ketones (excluding diaryl/α,β-unsaturated/α-hetero) is 1. The second-order valence-corrected chi connectivity index (χ2v) is 4.47. The Balaban J connectivity index is 2.21. The number of rotatable bonds is 0. The van der Waals surface area contributed by atoms with Gasteiger partial charge in [-0.15, -0.1) is 0 Å². The van der Waals surface area contributed by atoms with Gasteiger partial charge in [0.05, 0.1) is 0 Å². The van der Waals surface area contributed by atoms with E-state index in [4.69, 9.17) is 23.2 Å². The standard InChI is InChI=1S/C6H6Cl2O/c7-6(8)3-5(1-2-5)4(6)9/h1-3H2.